The van der Waals surface area contributed by atoms with Crippen LogP contribution in [0.5, 0.6) is 0 Å². The molecule has 0 spiro atoms. The molecular formula is C20H25N5O4. The van der Waals surface area contributed by atoms with Crippen molar-refractivity contribution in [3.8, 4) is 0 Å². The first-order valence-corrected chi connectivity index (χ1v) is 10.1. The Balaban J connectivity index is 1.48. The summed E-state index contributed by atoms with van der Waals surface area (Å²) >= 11 is 0. The second-order valence-electron chi connectivity index (χ2n) is 7.63. The second kappa shape index (κ2) is 8.10. The highest BCUT2D eigenvalue weighted by Gasteiger charge is 2.32. The van der Waals surface area contributed by atoms with E-state index < -0.39 is 5.91 Å². The Morgan fingerprint density at radius 3 is 2.62 bits per heavy atom. The average Bonchev–Trinajstić information content (AvgIpc) is 3.13. The molecule has 29 heavy (non-hydrogen) atoms. The Morgan fingerprint density at radius 2 is 1.86 bits per heavy atom. The third kappa shape index (κ3) is 3.90. The van der Waals surface area contributed by atoms with Gasteiger partial charge in [-0.1, -0.05) is 0 Å². The second-order valence-corrected chi connectivity index (χ2v) is 7.63. The Kier molecular flexibility index (Phi) is 5.37. The molecular weight excluding hydrogens is 374 g/mol. The summed E-state index contributed by atoms with van der Waals surface area (Å²) in [5.41, 5.74) is 5.85. The van der Waals surface area contributed by atoms with Gasteiger partial charge in [-0.15, -0.1) is 0 Å². The van der Waals surface area contributed by atoms with E-state index in [1.54, 1.807) is 17.0 Å². The van der Waals surface area contributed by atoms with Gasteiger partial charge in [0.25, 0.3) is 5.91 Å². The number of hydrogen-bond donors (Lipinski definition) is 2. The first-order valence-electron chi connectivity index (χ1n) is 10.1. The van der Waals surface area contributed by atoms with Crippen molar-refractivity contribution in [3.05, 3.63) is 24.1 Å². The molecule has 9 heteroatoms. The maximum atomic E-state index is 12.9. The van der Waals surface area contributed by atoms with Crippen LogP contribution >= 0.6 is 0 Å². The maximum Gasteiger partial charge on any atom is 0.321 e. The monoisotopic (exact) mass is 399 g/mol. The van der Waals surface area contributed by atoms with Crippen LogP contribution in [0.25, 0.3) is 11.1 Å². The molecule has 2 aromatic rings. The number of furan rings is 1. The molecule has 2 aliphatic heterocycles. The molecule has 9 nitrogen and oxygen atoms in total. The number of urea groups is 1. The number of hydrogen-bond acceptors (Lipinski definition) is 5. The maximum absolute atomic E-state index is 12.9. The van der Waals surface area contributed by atoms with Gasteiger partial charge in [0.05, 0.1) is 11.3 Å². The SMILES string of the molecule is NC(=O)c1oc2ncccc2c1NC(=O)N1CCCC(C(=O)N2CCCCC2)C1. The van der Waals surface area contributed by atoms with Gasteiger partial charge in [-0.2, -0.15) is 0 Å². The Hall–Kier alpha value is -3.10. The number of nitrogens with zero attached hydrogens (tertiary/aromatic N) is 3. The summed E-state index contributed by atoms with van der Waals surface area (Å²) in [6.07, 6.45) is 6.32. The van der Waals surface area contributed by atoms with Crippen LogP contribution in [0.2, 0.25) is 0 Å². The van der Waals surface area contributed by atoms with Gasteiger partial charge in [-0.05, 0) is 44.2 Å². The number of nitrogens with one attached hydrogen (secondary N) is 1. The number of primary amides is 1. The van der Waals surface area contributed by atoms with Crippen LogP contribution < -0.4 is 11.1 Å². The summed E-state index contributed by atoms with van der Waals surface area (Å²) < 4.78 is 5.41. The van der Waals surface area contributed by atoms with Gasteiger partial charge in [0, 0.05) is 32.4 Å². The zero-order valence-corrected chi connectivity index (χ0v) is 16.2. The van der Waals surface area contributed by atoms with Crippen LogP contribution in [0.15, 0.2) is 22.7 Å². The molecule has 2 saturated heterocycles. The third-order valence-electron chi connectivity index (χ3n) is 5.65. The van der Waals surface area contributed by atoms with E-state index in [1.165, 1.54) is 12.6 Å². The number of nitrogens with two attached hydrogens (primary N) is 1. The summed E-state index contributed by atoms with van der Waals surface area (Å²) in [6, 6.07) is 3.01. The predicted octanol–water partition coefficient (Wildman–Crippen LogP) is 2.18. The lowest BCUT2D eigenvalue weighted by molar-refractivity contribution is -0.137. The molecule has 0 radical (unpaired) electrons. The molecule has 0 saturated carbocycles. The summed E-state index contributed by atoms with van der Waals surface area (Å²) in [5.74, 6) is -0.968. The highest BCUT2D eigenvalue weighted by molar-refractivity contribution is 6.09. The van der Waals surface area contributed by atoms with Gasteiger partial charge in [-0.25, -0.2) is 9.78 Å². The number of pyridine rings is 1. The van der Waals surface area contributed by atoms with Gasteiger partial charge >= 0.3 is 6.03 Å². The Bertz CT molecular complexity index is 934. The number of fused-ring (bicyclic) bond motifs is 1. The molecule has 4 heterocycles. The van der Waals surface area contributed by atoms with Crippen LogP contribution in [0, 0.1) is 5.92 Å². The lowest BCUT2D eigenvalue weighted by atomic mass is 9.95. The van der Waals surface area contributed by atoms with Crippen molar-refractivity contribution in [2.75, 3.05) is 31.5 Å². The minimum atomic E-state index is -0.782. The van der Waals surface area contributed by atoms with E-state index in [9.17, 15) is 14.4 Å². The molecule has 2 aliphatic rings. The first kappa shape index (κ1) is 19.2. The largest absolute Gasteiger partial charge is 0.430 e. The average molecular weight is 399 g/mol. The van der Waals surface area contributed by atoms with E-state index >= 15 is 0 Å². The van der Waals surface area contributed by atoms with Crippen LogP contribution in [-0.2, 0) is 4.79 Å². The standard InChI is InChI=1S/C20H25N5O4/c21-17(26)16-15(14-7-4-8-22-18(14)29-16)23-20(28)25-11-5-6-13(12-25)19(27)24-9-2-1-3-10-24/h4,7-8,13H,1-3,5-6,9-12H2,(H2,21,26)(H,23,28). The van der Waals surface area contributed by atoms with E-state index in [1.807, 2.05) is 4.90 Å². The molecule has 2 aromatic heterocycles. The van der Waals surface area contributed by atoms with Crippen molar-refractivity contribution in [2.45, 2.75) is 32.1 Å². The van der Waals surface area contributed by atoms with E-state index in [2.05, 4.69) is 10.3 Å². The smallest absolute Gasteiger partial charge is 0.321 e. The summed E-state index contributed by atoms with van der Waals surface area (Å²) in [7, 11) is 0. The number of carbonyl (C=O) groups is 3. The Morgan fingerprint density at radius 1 is 1.10 bits per heavy atom. The molecule has 4 amide bonds. The van der Waals surface area contributed by atoms with Gasteiger partial charge in [0.1, 0.15) is 5.69 Å². The summed E-state index contributed by atoms with van der Waals surface area (Å²) in [6.45, 7) is 2.52. The van der Waals surface area contributed by atoms with Gasteiger partial charge in [0.2, 0.25) is 17.4 Å². The molecule has 2 fully saturated rings. The minimum Gasteiger partial charge on any atom is -0.430 e. The predicted molar refractivity (Wildman–Crippen MR) is 106 cm³/mol. The fourth-order valence-corrected chi connectivity index (χ4v) is 4.15. The van der Waals surface area contributed by atoms with Crippen molar-refractivity contribution >= 4 is 34.6 Å². The highest BCUT2D eigenvalue weighted by atomic mass is 16.4. The van der Waals surface area contributed by atoms with Crippen LogP contribution in [-0.4, -0.2) is 58.8 Å². The van der Waals surface area contributed by atoms with Crippen molar-refractivity contribution < 1.29 is 18.8 Å². The quantitative estimate of drug-likeness (QED) is 0.819. The Labute approximate surface area is 168 Å². The number of carbonyl (C=O) groups excluding carboxylic acids is 3. The molecule has 0 aromatic carbocycles. The van der Waals surface area contributed by atoms with Crippen molar-refractivity contribution in [3.63, 3.8) is 0 Å². The topological polar surface area (TPSA) is 122 Å². The van der Waals surface area contributed by atoms with E-state index in [0.717, 1.165) is 38.8 Å². The molecule has 3 N–H and O–H groups in total. The molecule has 1 unspecified atom stereocenters. The summed E-state index contributed by atoms with van der Waals surface area (Å²) in [5, 5.41) is 3.26. The molecule has 154 valence electrons. The highest BCUT2D eigenvalue weighted by Crippen LogP contribution is 2.30. The lowest BCUT2D eigenvalue weighted by Crippen LogP contribution is -2.49. The van der Waals surface area contributed by atoms with Crippen molar-refractivity contribution in [1.29, 1.82) is 0 Å². The van der Waals surface area contributed by atoms with Crippen molar-refractivity contribution in [2.24, 2.45) is 11.7 Å². The van der Waals surface area contributed by atoms with E-state index in [-0.39, 0.29) is 35.0 Å². The number of aromatic nitrogens is 1. The molecule has 1 atom stereocenters. The number of likely N-dealkylation sites (tertiary alicyclic amines) is 2. The third-order valence-corrected chi connectivity index (χ3v) is 5.65. The van der Waals surface area contributed by atoms with Crippen LogP contribution in [0.1, 0.15) is 42.7 Å². The zero-order chi connectivity index (χ0) is 20.4. The number of amides is 4. The lowest BCUT2D eigenvalue weighted by Gasteiger charge is -2.36. The van der Waals surface area contributed by atoms with E-state index in [4.69, 9.17) is 10.2 Å². The molecule has 0 aliphatic carbocycles. The fraction of sp³-hybridized carbons (Fsp3) is 0.500. The van der Waals surface area contributed by atoms with E-state index in [0.29, 0.717) is 18.5 Å². The molecule has 4 rings (SSSR count). The zero-order valence-electron chi connectivity index (χ0n) is 16.2. The normalized spacial score (nSPS) is 19.9. The number of piperidine rings is 2. The minimum absolute atomic E-state index is 0.134. The number of rotatable bonds is 3. The number of anilines is 1. The first-order chi connectivity index (χ1) is 14.0. The van der Waals surface area contributed by atoms with Gasteiger partial charge in [-0.3, -0.25) is 9.59 Å². The van der Waals surface area contributed by atoms with Crippen LogP contribution in [0.4, 0.5) is 10.5 Å². The molecule has 0 bridgehead atoms. The van der Waals surface area contributed by atoms with Crippen molar-refractivity contribution in [1.82, 2.24) is 14.8 Å². The van der Waals surface area contributed by atoms with Crippen LogP contribution in [0.3, 0.4) is 0 Å². The van der Waals surface area contributed by atoms with Gasteiger partial charge in [0.15, 0.2) is 0 Å². The fourth-order valence-electron chi connectivity index (χ4n) is 4.15. The van der Waals surface area contributed by atoms with Gasteiger partial charge < -0.3 is 25.3 Å². The summed E-state index contributed by atoms with van der Waals surface area (Å²) in [4.78, 5) is 45.1.